The Morgan fingerprint density at radius 2 is 2.38 bits per heavy atom. The smallest absolute Gasteiger partial charge is 0.335 e. The van der Waals surface area contributed by atoms with Crippen molar-refractivity contribution < 1.29 is 14.6 Å². The largest absolute Gasteiger partial charge is 0.478 e. The highest BCUT2D eigenvalue weighted by molar-refractivity contribution is 5.87. The van der Waals surface area contributed by atoms with E-state index in [4.69, 9.17) is 9.84 Å². The van der Waals surface area contributed by atoms with E-state index in [-0.39, 0.29) is 5.56 Å². The molecule has 4 nitrogen and oxygen atoms in total. The minimum atomic E-state index is -0.971. The molecular formula is C12H15NO3. The van der Waals surface area contributed by atoms with Crippen molar-refractivity contribution >= 4 is 5.97 Å². The van der Waals surface area contributed by atoms with Gasteiger partial charge in [-0.15, -0.1) is 6.58 Å². The molecule has 0 bridgehead atoms. The van der Waals surface area contributed by atoms with Crippen molar-refractivity contribution in [2.45, 2.75) is 19.8 Å². The summed E-state index contributed by atoms with van der Waals surface area (Å²) in [6, 6.07) is 2.95. The summed E-state index contributed by atoms with van der Waals surface area (Å²) in [4.78, 5) is 14.9. The van der Waals surface area contributed by atoms with Crippen LogP contribution in [0.2, 0.25) is 0 Å². The molecule has 0 aliphatic carbocycles. The third-order valence-corrected chi connectivity index (χ3v) is 1.98. The predicted octanol–water partition coefficient (Wildman–Crippen LogP) is 2.43. The van der Waals surface area contributed by atoms with Crippen molar-refractivity contribution in [1.82, 2.24) is 4.98 Å². The molecule has 0 saturated heterocycles. The fourth-order valence-electron chi connectivity index (χ4n) is 1.24. The molecule has 86 valence electrons. The highest BCUT2D eigenvalue weighted by Crippen LogP contribution is 2.12. The van der Waals surface area contributed by atoms with Gasteiger partial charge in [-0.2, -0.15) is 0 Å². The summed E-state index contributed by atoms with van der Waals surface area (Å²) in [5, 5.41) is 8.85. The Morgan fingerprint density at radius 1 is 1.62 bits per heavy atom. The Morgan fingerprint density at radius 3 is 3.00 bits per heavy atom. The van der Waals surface area contributed by atoms with Crippen LogP contribution in [-0.4, -0.2) is 22.7 Å². The summed E-state index contributed by atoms with van der Waals surface area (Å²) in [6.07, 6.45) is 3.54. The van der Waals surface area contributed by atoms with E-state index in [0.29, 0.717) is 18.2 Å². The molecule has 1 aromatic rings. The second-order valence-electron chi connectivity index (χ2n) is 3.42. The van der Waals surface area contributed by atoms with E-state index < -0.39 is 5.97 Å². The Bertz CT molecular complexity index is 388. The zero-order chi connectivity index (χ0) is 12.0. The van der Waals surface area contributed by atoms with E-state index in [1.807, 2.05) is 6.08 Å². The van der Waals surface area contributed by atoms with Gasteiger partial charge >= 0.3 is 5.97 Å². The lowest BCUT2D eigenvalue weighted by molar-refractivity contribution is 0.0696. The van der Waals surface area contributed by atoms with Gasteiger partial charge in [0.2, 0.25) is 5.88 Å². The lowest BCUT2D eigenvalue weighted by Gasteiger charge is -2.06. The van der Waals surface area contributed by atoms with Crippen LogP contribution >= 0.6 is 0 Å². The second kappa shape index (κ2) is 5.90. The van der Waals surface area contributed by atoms with Crippen molar-refractivity contribution in [2.24, 2.45) is 0 Å². The van der Waals surface area contributed by atoms with Crippen molar-refractivity contribution in [2.75, 3.05) is 6.61 Å². The van der Waals surface area contributed by atoms with Gasteiger partial charge in [-0.1, -0.05) is 6.08 Å². The van der Waals surface area contributed by atoms with E-state index >= 15 is 0 Å². The molecule has 0 radical (unpaired) electrons. The number of hydrogen-bond acceptors (Lipinski definition) is 3. The number of aryl methyl sites for hydroxylation is 1. The summed E-state index contributed by atoms with van der Waals surface area (Å²) in [5.41, 5.74) is 0.838. The minimum absolute atomic E-state index is 0.200. The van der Waals surface area contributed by atoms with Crippen LogP contribution in [0.15, 0.2) is 24.8 Å². The first-order valence-electron chi connectivity index (χ1n) is 5.09. The van der Waals surface area contributed by atoms with Crippen LogP contribution < -0.4 is 4.74 Å². The quantitative estimate of drug-likeness (QED) is 0.592. The lowest BCUT2D eigenvalue weighted by atomic mass is 10.2. The number of aromatic nitrogens is 1. The number of pyridine rings is 1. The Labute approximate surface area is 94.6 Å². The van der Waals surface area contributed by atoms with Crippen LogP contribution in [0.3, 0.4) is 0 Å². The van der Waals surface area contributed by atoms with Gasteiger partial charge in [0.25, 0.3) is 0 Å². The van der Waals surface area contributed by atoms with Gasteiger partial charge in [-0.05, 0) is 25.8 Å². The number of allylic oxidation sites excluding steroid dienone is 1. The van der Waals surface area contributed by atoms with Gasteiger partial charge in [0.15, 0.2) is 0 Å². The fourth-order valence-corrected chi connectivity index (χ4v) is 1.24. The number of carbonyl (C=O) groups is 1. The van der Waals surface area contributed by atoms with Gasteiger partial charge < -0.3 is 9.84 Å². The average molecular weight is 221 g/mol. The molecule has 4 heteroatoms. The van der Waals surface area contributed by atoms with Crippen LogP contribution in [0.5, 0.6) is 5.88 Å². The second-order valence-corrected chi connectivity index (χ2v) is 3.42. The maximum atomic E-state index is 10.8. The van der Waals surface area contributed by atoms with Crippen LogP contribution in [-0.2, 0) is 0 Å². The highest BCUT2D eigenvalue weighted by atomic mass is 16.5. The maximum absolute atomic E-state index is 10.8. The number of rotatable bonds is 6. The van der Waals surface area contributed by atoms with Crippen molar-refractivity contribution in [3.63, 3.8) is 0 Å². The van der Waals surface area contributed by atoms with Crippen LogP contribution in [0.1, 0.15) is 28.9 Å². The van der Waals surface area contributed by atoms with E-state index in [1.165, 1.54) is 12.1 Å². The van der Waals surface area contributed by atoms with Crippen LogP contribution in [0.4, 0.5) is 0 Å². The van der Waals surface area contributed by atoms with Gasteiger partial charge in [-0.3, -0.25) is 0 Å². The molecular weight excluding hydrogens is 206 g/mol. The molecule has 1 rings (SSSR count). The van der Waals surface area contributed by atoms with E-state index in [2.05, 4.69) is 11.6 Å². The van der Waals surface area contributed by atoms with Gasteiger partial charge in [0, 0.05) is 11.8 Å². The first-order chi connectivity index (χ1) is 7.63. The molecule has 0 unspecified atom stereocenters. The standard InChI is InChI=1S/C12H15NO3/c1-3-4-5-6-16-11-8-10(12(14)15)7-9(2)13-11/h3,7-8H,1,4-6H2,2H3,(H,14,15). The summed E-state index contributed by atoms with van der Waals surface area (Å²) in [5.74, 6) is -0.608. The number of hydrogen-bond donors (Lipinski definition) is 1. The molecule has 0 aliphatic rings. The van der Waals surface area contributed by atoms with Crippen LogP contribution in [0, 0.1) is 6.92 Å². The van der Waals surface area contributed by atoms with Crippen LogP contribution in [0.25, 0.3) is 0 Å². The SMILES string of the molecule is C=CCCCOc1cc(C(=O)O)cc(C)n1. The van der Waals surface area contributed by atoms with E-state index in [0.717, 1.165) is 12.8 Å². The van der Waals surface area contributed by atoms with Crippen molar-refractivity contribution in [3.05, 3.63) is 36.0 Å². The molecule has 0 aromatic carbocycles. The zero-order valence-corrected chi connectivity index (χ0v) is 9.27. The predicted molar refractivity (Wildman–Crippen MR) is 60.9 cm³/mol. The Balaban J connectivity index is 2.65. The number of nitrogens with zero attached hydrogens (tertiary/aromatic N) is 1. The topological polar surface area (TPSA) is 59.4 Å². The first kappa shape index (κ1) is 12.2. The van der Waals surface area contributed by atoms with Crippen molar-refractivity contribution in [3.8, 4) is 5.88 Å². The van der Waals surface area contributed by atoms with Gasteiger partial charge in [0.1, 0.15) is 0 Å². The Kier molecular flexibility index (Phi) is 4.51. The molecule has 0 aliphatic heterocycles. The number of carboxylic acids is 1. The van der Waals surface area contributed by atoms with Crippen molar-refractivity contribution in [1.29, 1.82) is 0 Å². The number of unbranched alkanes of at least 4 members (excludes halogenated alkanes) is 1. The van der Waals surface area contributed by atoms with E-state index in [1.54, 1.807) is 6.92 Å². The Hall–Kier alpha value is -1.84. The summed E-state index contributed by atoms with van der Waals surface area (Å²) >= 11 is 0. The third-order valence-electron chi connectivity index (χ3n) is 1.98. The molecule has 1 heterocycles. The van der Waals surface area contributed by atoms with Gasteiger partial charge in [-0.25, -0.2) is 9.78 Å². The highest BCUT2D eigenvalue weighted by Gasteiger charge is 2.06. The average Bonchev–Trinajstić information content (AvgIpc) is 2.23. The molecule has 16 heavy (non-hydrogen) atoms. The lowest BCUT2D eigenvalue weighted by Crippen LogP contribution is -2.03. The summed E-state index contributed by atoms with van der Waals surface area (Å²) in [7, 11) is 0. The number of ether oxygens (including phenoxy) is 1. The maximum Gasteiger partial charge on any atom is 0.335 e. The summed E-state index contributed by atoms with van der Waals surface area (Å²) in [6.45, 7) is 5.86. The third kappa shape index (κ3) is 3.73. The molecule has 1 aromatic heterocycles. The van der Waals surface area contributed by atoms with E-state index in [9.17, 15) is 4.79 Å². The normalized spacial score (nSPS) is 9.81. The molecule has 1 N–H and O–H groups in total. The molecule has 0 spiro atoms. The monoisotopic (exact) mass is 221 g/mol. The summed E-state index contributed by atoms with van der Waals surface area (Å²) < 4.78 is 5.36. The fraction of sp³-hybridized carbons (Fsp3) is 0.333. The molecule has 0 saturated carbocycles. The number of aromatic carboxylic acids is 1. The zero-order valence-electron chi connectivity index (χ0n) is 9.27. The molecule has 0 fully saturated rings. The molecule has 0 atom stereocenters. The minimum Gasteiger partial charge on any atom is -0.478 e. The first-order valence-corrected chi connectivity index (χ1v) is 5.09. The number of carboxylic acid groups (broad SMARTS) is 1. The van der Waals surface area contributed by atoms with Gasteiger partial charge in [0.05, 0.1) is 12.2 Å². The molecule has 0 amide bonds.